The van der Waals surface area contributed by atoms with Crippen LogP contribution in [0.15, 0.2) is 127 Å². The average Bonchev–Trinajstić information content (AvgIpc) is 3.65. The second kappa shape index (κ2) is 10.5. The number of nitrogens with zero attached hydrogens (tertiary/aromatic N) is 3. The van der Waals surface area contributed by atoms with Crippen molar-refractivity contribution >= 4 is 55.3 Å². The van der Waals surface area contributed by atoms with E-state index in [2.05, 4.69) is 167 Å². The van der Waals surface area contributed by atoms with Crippen molar-refractivity contribution in [2.45, 2.75) is 39.3 Å². The van der Waals surface area contributed by atoms with Crippen LogP contribution in [0.25, 0.3) is 67.5 Å². The minimum Gasteiger partial charge on any atom is -0.208 e. The molecule has 0 spiro atoms. The summed E-state index contributed by atoms with van der Waals surface area (Å²) < 4.78 is 0. The van der Waals surface area contributed by atoms with Gasteiger partial charge in [-0.05, 0) is 64.5 Å². The first-order chi connectivity index (χ1) is 24.6. The third-order valence-corrected chi connectivity index (χ3v) is 22.8. The van der Waals surface area contributed by atoms with Gasteiger partial charge in [-0.1, -0.05) is 167 Å². The van der Waals surface area contributed by atoms with Crippen LogP contribution >= 0.6 is 0 Å². The third-order valence-electron chi connectivity index (χ3n) is 12.1. The Bertz CT molecular complexity index is 2340. The fourth-order valence-corrected chi connectivity index (χ4v) is 20.1. The molecule has 1 aromatic heterocycles. The standard InChI is InChI=1S/C45H39N3Si3/c1-49(2)37-25-10-7-16-28(37)31-19-13-22-34(40(31)49)43-46-44(35-23-14-20-32-29-17-8-11-26-38(29)50(3,4)41(32)35)48-45(47-43)36-24-15-21-33-30-18-9-12-27-39(30)51(5,6)42(33)36/h7-27H,1-6H3. The second-order valence-electron chi connectivity index (χ2n) is 16.0. The van der Waals surface area contributed by atoms with Crippen LogP contribution in [0.2, 0.25) is 39.3 Å². The predicted octanol–water partition coefficient (Wildman–Crippen LogP) is 7.28. The minimum atomic E-state index is -2.05. The summed E-state index contributed by atoms with van der Waals surface area (Å²) in [5.41, 5.74) is 11.5. The van der Waals surface area contributed by atoms with Gasteiger partial charge < -0.3 is 0 Å². The van der Waals surface area contributed by atoms with E-state index in [9.17, 15) is 0 Å². The molecule has 6 heteroatoms. The maximum absolute atomic E-state index is 5.51. The number of fused-ring (bicyclic) bond motifs is 9. The van der Waals surface area contributed by atoms with Gasteiger partial charge >= 0.3 is 0 Å². The Kier molecular flexibility index (Phi) is 6.34. The molecule has 0 saturated carbocycles. The summed E-state index contributed by atoms with van der Waals surface area (Å²) in [4.78, 5) is 16.5. The van der Waals surface area contributed by atoms with Gasteiger partial charge in [0.15, 0.2) is 17.5 Å². The van der Waals surface area contributed by atoms with Crippen molar-refractivity contribution in [1.29, 1.82) is 0 Å². The van der Waals surface area contributed by atoms with E-state index >= 15 is 0 Å². The monoisotopic (exact) mass is 705 g/mol. The van der Waals surface area contributed by atoms with Crippen molar-refractivity contribution in [2.75, 3.05) is 0 Å². The normalized spacial score (nSPS) is 16.1. The Labute approximate surface area is 303 Å². The number of hydrogen-bond acceptors (Lipinski definition) is 3. The summed E-state index contributed by atoms with van der Waals surface area (Å²) in [6, 6.07) is 47.2. The molecule has 0 amide bonds. The van der Waals surface area contributed by atoms with Crippen LogP contribution < -0.4 is 31.1 Å². The second-order valence-corrected chi connectivity index (χ2v) is 28.9. The lowest BCUT2D eigenvalue weighted by Gasteiger charge is -2.24. The molecule has 0 atom stereocenters. The van der Waals surface area contributed by atoms with Crippen LogP contribution in [0.1, 0.15) is 0 Å². The van der Waals surface area contributed by atoms with Gasteiger partial charge in [-0.2, -0.15) is 0 Å². The zero-order valence-corrected chi connectivity index (χ0v) is 33.0. The van der Waals surface area contributed by atoms with Crippen LogP contribution in [0, 0.1) is 0 Å². The van der Waals surface area contributed by atoms with Crippen LogP contribution in [0.3, 0.4) is 0 Å². The summed E-state index contributed by atoms with van der Waals surface area (Å²) in [5, 5.41) is 8.74. The highest BCUT2D eigenvalue weighted by molar-refractivity contribution is 7.05. The molecule has 10 rings (SSSR count). The Morgan fingerprint density at radius 2 is 0.510 bits per heavy atom. The van der Waals surface area contributed by atoms with Crippen LogP contribution in [0.4, 0.5) is 0 Å². The van der Waals surface area contributed by atoms with E-state index in [4.69, 9.17) is 15.0 Å². The van der Waals surface area contributed by atoms with Gasteiger partial charge in [0.1, 0.15) is 24.2 Å². The van der Waals surface area contributed by atoms with Gasteiger partial charge in [-0.3, -0.25) is 0 Å². The number of rotatable bonds is 3. The van der Waals surface area contributed by atoms with Gasteiger partial charge in [-0.15, -0.1) is 0 Å². The molecule has 3 nitrogen and oxygen atoms in total. The zero-order valence-electron chi connectivity index (χ0n) is 30.0. The molecule has 3 aliphatic heterocycles. The van der Waals surface area contributed by atoms with E-state index < -0.39 is 24.2 Å². The van der Waals surface area contributed by atoms with Crippen molar-refractivity contribution in [2.24, 2.45) is 0 Å². The van der Waals surface area contributed by atoms with Crippen molar-refractivity contribution in [3.63, 3.8) is 0 Å². The zero-order chi connectivity index (χ0) is 34.9. The average molecular weight is 706 g/mol. The van der Waals surface area contributed by atoms with Gasteiger partial charge in [0.2, 0.25) is 0 Å². The molecular formula is C45H39N3Si3. The summed E-state index contributed by atoms with van der Waals surface area (Å²) in [6.07, 6.45) is 0. The first kappa shape index (κ1) is 30.8. The molecule has 0 fully saturated rings. The molecule has 0 radical (unpaired) electrons. The van der Waals surface area contributed by atoms with Crippen LogP contribution in [-0.4, -0.2) is 39.2 Å². The Morgan fingerprint density at radius 3 is 0.804 bits per heavy atom. The number of hydrogen-bond donors (Lipinski definition) is 0. The van der Waals surface area contributed by atoms with Crippen molar-refractivity contribution in [3.8, 4) is 67.5 Å². The quantitative estimate of drug-likeness (QED) is 0.182. The summed E-state index contributed by atoms with van der Waals surface area (Å²) in [5.74, 6) is 2.33. The van der Waals surface area contributed by atoms with Crippen molar-refractivity contribution < 1.29 is 0 Å². The highest BCUT2D eigenvalue weighted by Gasteiger charge is 2.43. The van der Waals surface area contributed by atoms with Crippen LogP contribution in [0.5, 0.6) is 0 Å². The van der Waals surface area contributed by atoms with Gasteiger partial charge in [0.05, 0.1) is 0 Å². The van der Waals surface area contributed by atoms with E-state index in [0.29, 0.717) is 0 Å². The molecule has 0 N–H and O–H groups in total. The van der Waals surface area contributed by atoms with E-state index in [1.54, 1.807) is 0 Å². The molecule has 4 heterocycles. The third kappa shape index (κ3) is 4.12. The fourth-order valence-electron chi connectivity index (χ4n) is 9.84. The number of benzene rings is 6. The molecule has 51 heavy (non-hydrogen) atoms. The van der Waals surface area contributed by atoms with Gasteiger partial charge in [0, 0.05) is 16.7 Å². The highest BCUT2D eigenvalue weighted by Crippen LogP contribution is 2.37. The van der Waals surface area contributed by atoms with Crippen LogP contribution in [-0.2, 0) is 0 Å². The summed E-state index contributed by atoms with van der Waals surface area (Å²) >= 11 is 0. The Hall–Kier alpha value is -5.02. The summed E-state index contributed by atoms with van der Waals surface area (Å²) in [7, 11) is -6.16. The van der Waals surface area contributed by atoms with E-state index in [-0.39, 0.29) is 0 Å². The van der Waals surface area contributed by atoms with E-state index in [0.717, 1.165) is 34.2 Å². The molecule has 246 valence electrons. The molecule has 6 aromatic carbocycles. The Balaban J connectivity index is 1.27. The maximum Gasteiger partial charge on any atom is 0.164 e. The van der Waals surface area contributed by atoms with E-state index in [1.807, 2.05) is 0 Å². The first-order valence-corrected chi connectivity index (χ1v) is 27.1. The maximum atomic E-state index is 5.51. The predicted molar refractivity (Wildman–Crippen MR) is 223 cm³/mol. The number of aromatic nitrogens is 3. The lowest BCUT2D eigenvalue weighted by Crippen LogP contribution is -2.50. The molecule has 7 aromatic rings. The smallest absolute Gasteiger partial charge is 0.164 e. The fraction of sp³-hybridized carbons (Fsp3) is 0.133. The first-order valence-electron chi connectivity index (χ1n) is 18.1. The lowest BCUT2D eigenvalue weighted by atomic mass is 10.0. The Morgan fingerprint density at radius 1 is 0.275 bits per heavy atom. The van der Waals surface area contributed by atoms with E-state index in [1.165, 1.54) is 64.5 Å². The molecule has 0 aliphatic carbocycles. The summed E-state index contributed by atoms with van der Waals surface area (Å²) in [6.45, 7) is 14.9. The minimum absolute atomic E-state index is 0.778. The molecule has 3 aliphatic rings. The largest absolute Gasteiger partial charge is 0.208 e. The molecular weight excluding hydrogens is 667 g/mol. The topological polar surface area (TPSA) is 38.7 Å². The van der Waals surface area contributed by atoms with Gasteiger partial charge in [-0.25, -0.2) is 15.0 Å². The molecule has 0 bridgehead atoms. The highest BCUT2D eigenvalue weighted by atomic mass is 28.3. The van der Waals surface area contributed by atoms with Crippen molar-refractivity contribution in [3.05, 3.63) is 127 Å². The van der Waals surface area contributed by atoms with Gasteiger partial charge in [0.25, 0.3) is 0 Å². The molecule has 0 unspecified atom stereocenters. The SMILES string of the molecule is C[Si]1(C)c2ccccc2-c2cccc(-c3nc(-c4cccc5c4[Si](C)(C)c4ccccc4-5)nc(-c4cccc5c4[Si](C)(C)c4ccccc4-5)n3)c21. The molecule has 0 saturated heterocycles. The lowest BCUT2D eigenvalue weighted by molar-refractivity contribution is 1.08. The van der Waals surface area contributed by atoms with Crippen molar-refractivity contribution in [1.82, 2.24) is 15.0 Å².